The first-order valence-corrected chi connectivity index (χ1v) is 15.8. The Hall–Kier alpha value is -2.75. The number of nitrogens with zero attached hydrogens (tertiary/aromatic N) is 1. The van der Waals surface area contributed by atoms with Gasteiger partial charge in [0.2, 0.25) is 11.8 Å². The van der Waals surface area contributed by atoms with Gasteiger partial charge >= 0.3 is 5.97 Å². The molecule has 2 aromatic rings. The van der Waals surface area contributed by atoms with Crippen LogP contribution >= 0.6 is 23.2 Å². The molecule has 3 atom stereocenters. The number of anilines is 1. The highest BCUT2D eigenvalue weighted by Gasteiger charge is 2.73. The minimum absolute atomic E-state index is 0.0470. The Labute approximate surface area is 260 Å². The van der Waals surface area contributed by atoms with Crippen molar-refractivity contribution in [3.8, 4) is 0 Å². The molecule has 1 aromatic heterocycles. The summed E-state index contributed by atoms with van der Waals surface area (Å²) in [5, 5.41) is 10.1. The van der Waals surface area contributed by atoms with Crippen LogP contribution in [0.3, 0.4) is 0 Å². The number of fused-ring (bicyclic) bond motifs is 3. The largest absolute Gasteiger partial charge is 0.469 e. The third kappa shape index (κ3) is 4.82. The standard InChI is InChI=1S/C32H37Cl2FN4O4/c1-30(2)11-13-31(14-12-30)32(21-9-6-18(33)16-22(21)38-29(32)42)23(20-10-15-36-26(34)24(20)35)25(39-31)27(40)37-19-7-4-17(5-8-19)28(41)43-3/h6,9-10,15-17,19,23,25,39H,4-5,7-8,11-14H2,1-3H3,(H,37,40)(H,38,42)/t17?,19?,23-,25+,32+/m0/s1. The lowest BCUT2D eigenvalue weighted by Gasteiger charge is -2.50. The van der Waals surface area contributed by atoms with Crippen molar-refractivity contribution in [2.75, 3.05) is 12.4 Å². The second kappa shape index (κ2) is 11.0. The average molecular weight is 632 g/mol. The SMILES string of the molecule is COC(=O)C1CCC(NC(=O)[C@@H]2NC3(CCC(C)(C)CC3)[C@@]3(C(=O)Nc4cc(Cl)ccc43)[C@H]2c2ccnc(Cl)c2F)CC1. The molecule has 2 aliphatic carbocycles. The maximum absolute atomic E-state index is 16.0. The molecule has 0 bridgehead atoms. The maximum Gasteiger partial charge on any atom is 0.308 e. The van der Waals surface area contributed by atoms with E-state index in [1.165, 1.54) is 19.4 Å². The zero-order valence-electron chi connectivity index (χ0n) is 24.6. The molecule has 3 heterocycles. The number of aromatic nitrogens is 1. The van der Waals surface area contributed by atoms with Gasteiger partial charge in [0.05, 0.1) is 19.1 Å². The third-order valence-corrected chi connectivity index (χ3v) is 11.1. The lowest BCUT2D eigenvalue weighted by Crippen LogP contribution is -2.61. The van der Waals surface area contributed by atoms with E-state index in [0.717, 1.165) is 12.8 Å². The molecule has 1 aromatic carbocycles. The maximum atomic E-state index is 16.0. The summed E-state index contributed by atoms with van der Waals surface area (Å²) in [6.45, 7) is 4.41. The Balaban J connectivity index is 1.46. The van der Waals surface area contributed by atoms with Gasteiger partial charge in [-0.15, -0.1) is 0 Å². The highest BCUT2D eigenvalue weighted by atomic mass is 35.5. The number of carbonyl (C=O) groups is 3. The average Bonchev–Trinajstić information content (AvgIpc) is 3.44. The van der Waals surface area contributed by atoms with E-state index in [2.05, 4.69) is 34.8 Å². The second-order valence-electron chi connectivity index (χ2n) is 13.4. The number of halogens is 3. The van der Waals surface area contributed by atoms with Crippen molar-refractivity contribution in [3.63, 3.8) is 0 Å². The van der Waals surface area contributed by atoms with E-state index in [4.69, 9.17) is 27.9 Å². The van der Waals surface area contributed by atoms with Gasteiger partial charge in [0.15, 0.2) is 11.0 Å². The van der Waals surface area contributed by atoms with Gasteiger partial charge in [0.25, 0.3) is 0 Å². The van der Waals surface area contributed by atoms with Gasteiger partial charge in [-0.25, -0.2) is 9.37 Å². The number of rotatable bonds is 4. The highest BCUT2D eigenvalue weighted by molar-refractivity contribution is 6.31. The molecule has 3 fully saturated rings. The lowest BCUT2D eigenvalue weighted by molar-refractivity contribution is -0.146. The Bertz CT molecular complexity index is 1470. The summed E-state index contributed by atoms with van der Waals surface area (Å²) in [6, 6.07) is 5.71. The summed E-state index contributed by atoms with van der Waals surface area (Å²) >= 11 is 12.6. The molecule has 6 rings (SSSR count). The minimum atomic E-state index is -1.32. The molecule has 2 aliphatic heterocycles. The number of pyridine rings is 1. The first-order chi connectivity index (χ1) is 20.4. The van der Waals surface area contributed by atoms with Crippen LogP contribution in [0, 0.1) is 17.2 Å². The summed E-state index contributed by atoms with van der Waals surface area (Å²) in [5.41, 5.74) is -0.688. The van der Waals surface area contributed by atoms with E-state index in [0.29, 0.717) is 54.8 Å². The number of amides is 2. The third-order valence-electron chi connectivity index (χ3n) is 10.6. The van der Waals surface area contributed by atoms with Gasteiger partial charge < -0.3 is 15.4 Å². The monoisotopic (exact) mass is 630 g/mol. The van der Waals surface area contributed by atoms with Gasteiger partial charge in [0, 0.05) is 34.4 Å². The number of nitrogens with one attached hydrogen (secondary N) is 3. The molecule has 0 unspecified atom stereocenters. The van der Waals surface area contributed by atoms with Gasteiger partial charge in [-0.2, -0.15) is 0 Å². The van der Waals surface area contributed by atoms with Crippen LogP contribution in [0.15, 0.2) is 30.5 Å². The summed E-state index contributed by atoms with van der Waals surface area (Å²) in [5.74, 6) is -2.69. The molecular weight excluding hydrogens is 594 g/mol. The normalized spacial score (nSPS) is 30.6. The van der Waals surface area contributed by atoms with Crippen LogP contribution in [0.1, 0.15) is 82.3 Å². The molecule has 2 amide bonds. The zero-order valence-corrected chi connectivity index (χ0v) is 26.1. The Morgan fingerprint density at radius 1 is 1.07 bits per heavy atom. The summed E-state index contributed by atoms with van der Waals surface area (Å²) in [4.78, 5) is 44.9. The minimum Gasteiger partial charge on any atom is -0.469 e. The van der Waals surface area contributed by atoms with Gasteiger partial charge in [-0.1, -0.05) is 43.1 Å². The number of benzene rings is 1. The van der Waals surface area contributed by atoms with Crippen molar-refractivity contribution < 1.29 is 23.5 Å². The van der Waals surface area contributed by atoms with Crippen molar-refractivity contribution in [2.24, 2.45) is 11.3 Å². The van der Waals surface area contributed by atoms with Gasteiger partial charge in [-0.3, -0.25) is 19.7 Å². The molecule has 3 N–H and O–H groups in total. The topological polar surface area (TPSA) is 109 Å². The van der Waals surface area contributed by atoms with Crippen LogP contribution in [-0.4, -0.2) is 47.5 Å². The molecule has 4 aliphatic rings. The molecule has 2 spiro atoms. The quantitative estimate of drug-likeness (QED) is 0.297. The van der Waals surface area contributed by atoms with Crippen molar-refractivity contribution in [3.05, 3.63) is 57.6 Å². The molecule has 2 saturated carbocycles. The van der Waals surface area contributed by atoms with Crippen LogP contribution in [0.25, 0.3) is 0 Å². The van der Waals surface area contributed by atoms with E-state index < -0.39 is 28.7 Å². The van der Waals surface area contributed by atoms with Gasteiger partial charge in [-0.05, 0) is 86.1 Å². The molecule has 1 saturated heterocycles. The number of methoxy groups -OCH3 is 1. The number of hydrogen-bond donors (Lipinski definition) is 3. The first-order valence-electron chi connectivity index (χ1n) is 15.0. The fourth-order valence-electron chi connectivity index (χ4n) is 8.26. The second-order valence-corrected chi connectivity index (χ2v) is 14.2. The highest BCUT2D eigenvalue weighted by Crippen LogP contribution is 2.64. The van der Waals surface area contributed by atoms with Crippen LogP contribution < -0.4 is 16.0 Å². The number of esters is 1. The zero-order chi connectivity index (χ0) is 30.7. The molecule has 230 valence electrons. The Morgan fingerprint density at radius 3 is 2.44 bits per heavy atom. The van der Waals surface area contributed by atoms with E-state index in [1.807, 2.05) is 6.07 Å². The fraction of sp³-hybridized carbons (Fsp3) is 0.562. The Morgan fingerprint density at radius 2 is 1.77 bits per heavy atom. The fourth-order valence-corrected chi connectivity index (χ4v) is 8.60. The molecule has 11 heteroatoms. The molecular formula is C32H37Cl2FN4O4. The van der Waals surface area contributed by atoms with Crippen molar-refractivity contribution in [1.82, 2.24) is 15.6 Å². The Kier molecular flexibility index (Phi) is 7.75. The van der Waals surface area contributed by atoms with Crippen LogP contribution in [-0.2, 0) is 24.5 Å². The first kappa shape index (κ1) is 30.3. The van der Waals surface area contributed by atoms with Crippen molar-refractivity contribution in [2.45, 2.75) is 94.2 Å². The van der Waals surface area contributed by atoms with Crippen LogP contribution in [0.2, 0.25) is 10.2 Å². The molecule has 43 heavy (non-hydrogen) atoms. The van der Waals surface area contributed by atoms with Crippen LogP contribution in [0.4, 0.5) is 10.1 Å². The van der Waals surface area contributed by atoms with Crippen LogP contribution in [0.5, 0.6) is 0 Å². The number of carbonyl (C=O) groups excluding carboxylic acids is 3. The molecule has 0 radical (unpaired) electrons. The predicted octanol–water partition coefficient (Wildman–Crippen LogP) is 5.66. The summed E-state index contributed by atoms with van der Waals surface area (Å²) < 4.78 is 20.9. The van der Waals surface area contributed by atoms with E-state index in [9.17, 15) is 14.4 Å². The van der Waals surface area contributed by atoms with Crippen molar-refractivity contribution >= 4 is 46.7 Å². The van der Waals surface area contributed by atoms with Gasteiger partial charge in [0.1, 0.15) is 5.41 Å². The summed E-state index contributed by atoms with van der Waals surface area (Å²) in [6.07, 6.45) is 6.71. The molecule has 8 nitrogen and oxygen atoms in total. The van der Waals surface area contributed by atoms with E-state index in [1.54, 1.807) is 12.1 Å². The lowest BCUT2D eigenvalue weighted by atomic mass is 9.53. The van der Waals surface area contributed by atoms with Crippen molar-refractivity contribution in [1.29, 1.82) is 0 Å². The number of hydrogen-bond acceptors (Lipinski definition) is 6. The van der Waals surface area contributed by atoms with E-state index in [-0.39, 0.29) is 45.9 Å². The smallest absolute Gasteiger partial charge is 0.308 e. The predicted molar refractivity (Wildman–Crippen MR) is 162 cm³/mol. The number of ether oxygens (including phenoxy) is 1. The van der Waals surface area contributed by atoms with E-state index >= 15 is 4.39 Å². The summed E-state index contributed by atoms with van der Waals surface area (Å²) in [7, 11) is 1.38.